The number of hydrogen-bond acceptors (Lipinski definition) is 4. The van der Waals surface area contributed by atoms with Crippen LogP contribution in [0.4, 0.5) is 5.69 Å². The Morgan fingerprint density at radius 1 is 1.38 bits per heavy atom. The standard InChI is InChI=1S/C17H16ClN3O2S/c18-12-3-4-14-13(8-12)21-17(23)15(24-14)9-16(22)20-7-5-11-2-1-6-19-10-11/h1-4,6,8,10,15H,5,7,9H2,(H,20,22)(H,21,23). The highest BCUT2D eigenvalue weighted by molar-refractivity contribution is 8.01. The molecule has 5 nitrogen and oxygen atoms in total. The average molecular weight is 362 g/mol. The van der Waals surface area contributed by atoms with Crippen molar-refractivity contribution < 1.29 is 9.59 Å². The number of hydrogen-bond donors (Lipinski definition) is 2. The summed E-state index contributed by atoms with van der Waals surface area (Å²) in [6, 6.07) is 9.17. The highest BCUT2D eigenvalue weighted by Crippen LogP contribution is 2.38. The van der Waals surface area contributed by atoms with Crippen LogP contribution >= 0.6 is 23.4 Å². The van der Waals surface area contributed by atoms with Crippen molar-refractivity contribution in [1.29, 1.82) is 0 Å². The Hall–Kier alpha value is -2.05. The number of amides is 2. The molecule has 1 aromatic carbocycles. The Balaban J connectivity index is 1.51. The predicted octanol–water partition coefficient (Wildman–Crippen LogP) is 2.90. The number of anilines is 1. The molecule has 3 rings (SSSR count). The van der Waals surface area contributed by atoms with Gasteiger partial charge in [0.1, 0.15) is 0 Å². The maximum Gasteiger partial charge on any atom is 0.238 e. The van der Waals surface area contributed by atoms with Gasteiger partial charge >= 0.3 is 0 Å². The van der Waals surface area contributed by atoms with Crippen LogP contribution in [-0.4, -0.2) is 28.6 Å². The molecule has 1 aliphatic heterocycles. The van der Waals surface area contributed by atoms with Crippen molar-refractivity contribution in [2.45, 2.75) is 23.0 Å². The fourth-order valence-corrected chi connectivity index (χ4v) is 3.65. The molecule has 0 spiro atoms. The van der Waals surface area contributed by atoms with Gasteiger partial charge < -0.3 is 10.6 Å². The topological polar surface area (TPSA) is 71.1 Å². The first-order valence-electron chi connectivity index (χ1n) is 7.54. The Morgan fingerprint density at radius 2 is 2.25 bits per heavy atom. The Labute approximate surface area is 149 Å². The fraction of sp³-hybridized carbons (Fsp3) is 0.235. The molecule has 1 unspecified atom stereocenters. The first-order chi connectivity index (χ1) is 11.6. The number of nitrogens with one attached hydrogen (secondary N) is 2. The van der Waals surface area contributed by atoms with E-state index in [2.05, 4.69) is 15.6 Å². The van der Waals surface area contributed by atoms with Crippen LogP contribution in [-0.2, 0) is 16.0 Å². The van der Waals surface area contributed by atoms with E-state index in [4.69, 9.17) is 11.6 Å². The summed E-state index contributed by atoms with van der Waals surface area (Å²) in [4.78, 5) is 29.2. The largest absolute Gasteiger partial charge is 0.356 e. The molecular formula is C17H16ClN3O2S. The number of carbonyl (C=O) groups excluding carboxylic acids is 2. The van der Waals surface area contributed by atoms with E-state index < -0.39 is 5.25 Å². The lowest BCUT2D eigenvalue weighted by molar-refractivity contribution is -0.124. The third kappa shape index (κ3) is 4.27. The second kappa shape index (κ2) is 7.68. The molecule has 7 heteroatoms. The van der Waals surface area contributed by atoms with Gasteiger partial charge in [-0.1, -0.05) is 17.7 Å². The molecule has 1 atom stereocenters. The van der Waals surface area contributed by atoms with Crippen molar-refractivity contribution in [3.63, 3.8) is 0 Å². The summed E-state index contributed by atoms with van der Waals surface area (Å²) in [6.07, 6.45) is 4.35. The Bertz CT molecular complexity index is 755. The number of rotatable bonds is 5. The van der Waals surface area contributed by atoms with Crippen LogP contribution in [0.2, 0.25) is 5.02 Å². The van der Waals surface area contributed by atoms with Gasteiger partial charge in [0.15, 0.2) is 0 Å². The van der Waals surface area contributed by atoms with Gasteiger partial charge in [0.25, 0.3) is 0 Å². The van der Waals surface area contributed by atoms with E-state index >= 15 is 0 Å². The molecule has 2 heterocycles. The first kappa shape index (κ1) is 16.8. The summed E-state index contributed by atoms with van der Waals surface area (Å²) in [5, 5.41) is 5.79. The van der Waals surface area contributed by atoms with Crippen LogP contribution < -0.4 is 10.6 Å². The molecule has 0 saturated heterocycles. The summed E-state index contributed by atoms with van der Waals surface area (Å²) in [6.45, 7) is 0.524. The van der Waals surface area contributed by atoms with E-state index in [9.17, 15) is 9.59 Å². The zero-order valence-corrected chi connectivity index (χ0v) is 14.4. The number of aromatic nitrogens is 1. The molecule has 1 aromatic heterocycles. The summed E-state index contributed by atoms with van der Waals surface area (Å²) in [5.41, 5.74) is 1.76. The van der Waals surface area contributed by atoms with Crippen molar-refractivity contribution in [3.05, 3.63) is 53.3 Å². The molecular weight excluding hydrogens is 346 g/mol. The molecule has 2 N–H and O–H groups in total. The molecule has 24 heavy (non-hydrogen) atoms. The van der Waals surface area contributed by atoms with Crippen LogP contribution in [0.25, 0.3) is 0 Å². The summed E-state index contributed by atoms with van der Waals surface area (Å²) in [7, 11) is 0. The summed E-state index contributed by atoms with van der Waals surface area (Å²) >= 11 is 7.31. The number of benzene rings is 1. The van der Waals surface area contributed by atoms with Crippen molar-refractivity contribution in [2.24, 2.45) is 0 Å². The molecule has 124 valence electrons. The van der Waals surface area contributed by atoms with Crippen LogP contribution in [0.3, 0.4) is 0 Å². The number of carbonyl (C=O) groups is 2. The van der Waals surface area contributed by atoms with Crippen molar-refractivity contribution in [2.75, 3.05) is 11.9 Å². The summed E-state index contributed by atoms with van der Waals surface area (Å²) < 4.78 is 0. The average Bonchev–Trinajstić information content (AvgIpc) is 2.57. The second-order valence-corrected chi connectivity index (χ2v) is 7.08. The SMILES string of the molecule is O=C(CC1Sc2ccc(Cl)cc2NC1=O)NCCc1cccnc1. The minimum Gasteiger partial charge on any atom is -0.356 e. The van der Waals surface area contributed by atoms with Gasteiger partial charge in [0.2, 0.25) is 11.8 Å². The maximum absolute atomic E-state index is 12.1. The van der Waals surface area contributed by atoms with Crippen molar-refractivity contribution in [3.8, 4) is 0 Å². The number of pyridine rings is 1. The number of fused-ring (bicyclic) bond motifs is 1. The molecule has 0 fully saturated rings. The molecule has 0 radical (unpaired) electrons. The lowest BCUT2D eigenvalue weighted by atomic mass is 10.2. The predicted molar refractivity (Wildman–Crippen MR) is 95.3 cm³/mol. The monoisotopic (exact) mass is 361 g/mol. The molecule has 2 amide bonds. The van der Waals surface area contributed by atoms with E-state index in [0.29, 0.717) is 23.7 Å². The van der Waals surface area contributed by atoms with Gasteiger partial charge in [-0.3, -0.25) is 14.6 Å². The maximum atomic E-state index is 12.1. The van der Waals surface area contributed by atoms with Gasteiger partial charge in [0.05, 0.1) is 10.9 Å². The highest BCUT2D eigenvalue weighted by Gasteiger charge is 2.28. The van der Waals surface area contributed by atoms with Crippen molar-refractivity contribution in [1.82, 2.24) is 10.3 Å². The van der Waals surface area contributed by atoms with Gasteiger partial charge in [0, 0.05) is 35.3 Å². The lowest BCUT2D eigenvalue weighted by Gasteiger charge is -2.23. The highest BCUT2D eigenvalue weighted by atomic mass is 35.5. The molecule has 1 aliphatic rings. The first-order valence-corrected chi connectivity index (χ1v) is 8.80. The minimum absolute atomic E-state index is 0.135. The Morgan fingerprint density at radius 3 is 3.04 bits per heavy atom. The number of thioether (sulfide) groups is 1. The van der Waals surface area contributed by atoms with Crippen LogP contribution in [0.1, 0.15) is 12.0 Å². The second-order valence-electron chi connectivity index (χ2n) is 5.40. The zero-order chi connectivity index (χ0) is 16.9. The van der Waals surface area contributed by atoms with E-state index in [0.717, 1.165) is 10.5 Å². The van der Waals surface area contributed by atoms with Gasteiger partial charge in [-0.05, 0) is 36.2 Å². The molecule has 0 saturated carbocycles. The molecule has 0 aliphatic carbocycles. The van der Waals surface area contributed by atoms with Crippen LogP contribution in [0.5, 0.6) is 0 Å². The zero-order valence-electron chi connectivity index (χ0n) is 12.8. The lowest BCUT2D eigenvalue weighted by Crippen LogP contribution is -2.35. The van der Waals surface area contributed by atoms with Gasteiger partial charge in [-0.2, -0.15) is 0 Å². The fourth-order valence-electron chi connectivity index (χ4n) is 2.39. The van der Waals surface area contributed by atoms with E-state index in [-0.39, 0.29) is 18.2 Å². The van der Waals surface area contributed by atoms with Crippen LogP contribution in [0.15, 0.2) is 47.6 Å². The molecule has 2 aromatic rings. The third-order valence-corrected chi connectivity index (χ3v) is 5.10. The van der Waals surface area contributed by atoms with E-state index in [1.54, 1.807) is 24.5 Å². The van der Waals surface area contributed by atoms with Crippen LogP contribution in [0, 0.1) is 0 Å². The number of nitrogens with zero attached hydrogens (tertiary/aromatic N) is 1. The number of halogens is 1. The minimum atomic E-state index is -0.433. The van der Waals surface area contributed by atoms with E-state index in [1.807, 2.05) is 18.2 Å². The van der Waals surface area contributed by atoms with E-state index in [1.165, 1.54) is 11.8 Å². The normalized spacial score (nSPS) is 16.2. The van der Waals surface area contributed by atoms with Gasteiger partial charge in [-0.25, -0.2) is 0 Å². The quantitative estimate of drug-likeness (QED) is 0.859. The third-order valence-electron chi connectivity index (χ3n) is 3.59. The van der Waals surface area contributed by atoms with Gasteiger partial charge in [-0.15, -0.1) is 11.8 Å². The smallest absolute Gasteiger partial charge is 0.238 e. The van der Waals surface area contributed by atoms with Crippen molar-refractivity contribution >= 4 is 40.9 Å². The molecule has 0 bridgehead atoms. The summed E-state index contributed by atoms with van der Waals surface area (Å²) in [5.74, 6) is -0.305. The Kier molecular flexibility index (Phi) is 5.37.